The van der Waals surface area contributed by atoms with Crippen LogP contribution >= 0.6 is 0 Å². The minimum Gasteiger partial charge on any atom is -0.497 e. The van der Waals surface area contributed by atoms with Gasteiger partial charge in [0, 0.05) is 12.0 Å². The maximum absolute atomic E-state index is 12.4. The van der Waals surface area contributed by atoms with Crippen LogP contribution in [0.1, 0.15) is 21.5 Å². The first kappa shape index (κ1) is 16.8. The summed E-state index contributed by atoms with van der Waals surface area (Å²) in [7, 11) is 1.63. The van der Waals surface area contributed by atoms with Crippen LogP contribution in [0.15, 0.2) is 78.9 Å². The van der Waals surface area contributed by atoms with Crippen LogP contribution in [0, 0.1) is 0 Å². The minimum atomic E-state index is 0.0831. The van der Waals surface area contributed by atoms with Crippen molar-refractivity contribution in [3.63, 3.8) is 0 Å². The van der Waals surface area contributed by atoms with Gasteiger partial charge in [-0.2, -0.15) is 0 Å². The van der Waals surface area contributed by atoms with Crippen LogP contribution in [0.4, 0.5) is 0 Å². The number of ketones is 1. The van der Waals surface area contributed by atoms with Gasteiger partial charge in [-0.15, -0.1) is 0 Å². The summed E-state index contributed by atoms with van der Waals surface area (Å²) >= 11 is 0. The fourth-order valence-electron chi connectivity index (χ4n) is 2.51. The fourth-order valence-corrected chi connectivity index (χ4v) is 2.51. The molecule has 3 rings (SSSR count). The highest BCUT2D eigenvalue weighted by molar-refractivity contribution is 5.97. The number of methoxy groups -OCH3 is 1. The smallest absolute Gasteiger partial charge is 0.167 e. The molecule has 0 aromatic heterocycles. The Morgan fingerprint density at radius 3 is 2.04 bits per heavy atom. The molecule has 126 valence electrons. The van der Waals surface area contributed by atoms with Crippen molar-refractivity contribution in [2.75, 3.05) is 7.11 Å². The van der Waals surface area contributed by atoms with Gasteiger partial charge in [0.1, 0.15) is 18.1 Å². The predicted molar refractivity (Wildman–Crippen MR) is 98.2 cm³/mol. The van der Waals surface area contributed by atoms with E-state index < -0.39 is 0 Å². The van der Waals surface area contributed by atoms with Crippen molar-refractivity contribution in [3.05, 3.63) is 95.6 Å². The summed E-state index contributed by atoms with van der Waals surface area (Å²) in [6.07, 6.45) is 0.369. The molecule has 0 aliphatic heterocycles. The van der Waals surface area contributed by atoms with E-state index in [0.29, 0.717) is 18.6 Å². The second kappa shape index (κ2) is 8.15. The van der Waals surface area contributed by atoms with Gasteiger partial charge in [-0.25, -0.2) is 0 Å². The van der Waals surface area contributed by atoms with Gasteiger partial charge < -0.3 is 9.47 Å². The highest BCUT2D eigenvalue weighted by Crippen LogP contribution is 2.17. The van der Waals surface area contributed by atoms with Crippen LogP contribution in [-0.2, 0) is 13.0 Å². The second-order valence-corrected chi connectivity index (χ2v) is 5.75. The molecule has 0 saturated heterocycles. The number of hydrogen-bond acceptors (Lipinski definition) is 3. The van der Waals surface area contributed by atoms with Gasteiger partial charge in [-0.3, -0.25) is 4.79 Å². The zero-order valence-electron chi connectivity index (χ0n) is 14.1. The number of rotatable bonds is 7. The van der Waals surface area contributed by atoms with Gasteiger partial charge in [0.2, 0.25) is 0 Å². The first-order chi connectivity index (χ1) is 12.2. The highest BCUT2D eigenvalue weighted by atomic mass is 16.5. The lowest BCUT2D eigenvalue weighted by atomic mass is 10.0. The molecule has 0 spiro atoms. The molecule has 0 amide bonds. The lowest BCUT2D eigenvalue weighted by Crippen LogP contribution is -2.03. The van der Waals surface area contributed by atoms with E-state index in [-0.39, 0.29) is 5.78 Å². The first-order valence-corrected chi connectivity index (χ1v) is 8.17. The average molecular weight is 332 g/mol. The van der Waals surface area contributed by atoms with E-state index in [1.54, 1.807) is 7.11 Å². The van der Waals surface area contributed by atoms with Gasteiger partial charge in [0.15, 0.2) is 5.78 Å². The lowest BCUT2D eigenvalue weighted by Gasteiger charge is -2.07. The van der Waals surface area contributed by atoms with Gasteiger partial charge in [-0.05, 0) is 47.5 Å². The summed E-state index contributed by atoms with van der Waals surface area (Å²) < 4.78 is 10.9. The molecule has 3 nitrogen and oxygen atoms in total. The van der Waals surface area contributed by atoms with Crippen LogP contribution in [0.3, 0.4) is 0 Å². The van der Waals surface area contributed by atoms with Crippen molar-refractivity contribution in [1.82, 2.24) is 0 Å². The van der Waals surface area contributed by atoms with E-state index >= 15 is 0 Å². The number of hydrogen-bond donors (Lipinski definition) is 0. The van der Waals surface area contributed by atoms with Crippen LogP contribution in [0.5, 0.6) is 11.5 Å². The quantitative estimate of drug-likeness (QED) is 0.588. The first-order valence-electron chi connectivity index (χ1n) is 8.17. The molecule has 0 heterocycles. The Morgan fingerprint density at radius 2 is 1.40 bits per heavy atom. The Balaban J connectivity index is 1.58. The molecular weight excluding hydrogens is 312 g/mol. The van der Waals surface area contributed by atoms with E-state index in [2.05, 4.69) is 0 Å². The minimum absolute atomic E-state index is 0.0831. The van der Waals surface area contributed by atoms with E-state index in [1.807, 2.05) is 78.9 Å². The summed E-state index contributed by atoms with van der Waals surface area (Å²) in [5.74, 6) is 1.63. The van der Waals surface area contributed by atoms with Gasteiger partial charge in [0.25, 0.3) is 0 Å². The molecule has 3 aromatic carbocycles. The number of Topliss-reactive ketones (excluding diaryl/α,β-unsaturated/α-hetero) is 1. The second-order valence-electron chi connectivity index (χ2n) is 5.75. The standard InChI is InChI=1S/C22H20O3/c1-24-20-11-7-17(8-12-20)15-22(23)19-9-13-21(14-10-19)25-16-18-5-3-2-4-6-18/h2-14H,15-16H2,1H3. The molecule has 0 aliphatic rings. The summed E-state index contributed by atoms with van der Waals surface area (Å²) in [5.41, 5.74) is 2.76. The van der Waals surface area contributed by atoms with E-state index in [1.165, 1.54) is 0 Å². The molecule has 0 saturated carbocycles. The summed E-state index contributed by atoms with van der Waals surface area (Å²) in [5, 5.41) is 0. The van der Waals surface area contributed by atoms with E-state index in [4.69, 9.17) is 9.47 Å². The molecule has 0 unspecified atom stereocenters. The third kappa shape index (κ3) is 4.70. The van der Waals surface area contributed by atoms with Crippen molar-refractivity contribution in [3.8, 4) is 11.5 Å². The summed E-state index contributed by atoms with van der Waals surface area (Å²) in [6.45, 7) is 0.514. The van der Waals surface area contributed by atoms with Crippen LogP contribution in [0.2, 0.25) is 0 Å². The van der Waals surface area contributed by atoms with Crippen molar-refractivity contribution in [1.29, 1.82) is 0 Å². The Labute approximate surface area is 147 Å². The predicted octanol–water partition coefficient (Wildman–Crippen LogP) is 4.70. The van der Waals surface area contributed by atoms with Crippen molar-refractivity contribution in [2.24, 2.45) is 0 Å². The normalized spacial score (nSPS) is 10.3. The molecule has 0 N–H and O–H groups in total. The number of carbonyl (C=O) groups excluding carboxylic acids is 1. The SMILES string of the molecule is COc1ccc(CC(=O)c2ccc(OCc3ccccc3)cc2)cc1. The Bertz CT molecular complexity index is 806. The molecular formula is C22H20O3. The molecule has 0 radical (unpaired) electrons. The third-order valence-electron chi connectivity index (χ3n) is 3.95. The van der Waals surface area contributed by atoms with Crippen LogP contribution in [0.25, 0.3) is 0 Å². The van der Waals surface area contributed by atoms with Crippen LogP contribution in [-0.4, -0.2) is 12.9 Å². The Morgan fingerprint density at radius 1 is 0.760 bits per heavy atom. The van der Waals surface area contributed by atoms with Gasteiger partial charge in [-0.1, -0.05) is 42.5 Å². The number of carbonyl (C=O) groups is 1. The number of ether oxygens (including phenoxy) is 2. The molecule has 0 aliphatic carbocycles. The molecule has 25 heavy (non-hydrogen) atoms. The van der Waals surface area contributed by atoms with Crippen LogP contribution < -0.4 is 9.47 Å². The highest BCUT2D eigenvalue weighted by Gasteiger charge is 2.08. The number of benzene rings is 3. The Kier molecular flexibility index (Phi) is 5.47. The molecule has 3 heteroatoms. The Hall–Kier alpha value is -3.07. The molecule has 0 bridgehead atoms. The van der Waals surface area contributed by atoms with Crippen molar-refractivity contribution >= 4 is 5.78 Å². The molecule has 0 atom stereocenters. The van der Waals surface area contributed by atoms with E-state index in [9.17, 15) is 4.79 Å². The average Bonchev–Trinajstić information content (AvgIpc) is 2.68. The van der Waals surface area contributed by atoms with Gasteiger partial charge in [0.05, 0.1) is 7.11 Å². The fraction of sp³-hybridized carbons (Fsp3) is 0.136. The topological polar surface area (TPSA) is 35.5 Å². The summed E-state index contributed by atoms with van der Waals surface area (Å²) in [6, 6.07) is 24.8. The van der Waals surface area contributed by atoms with Crippen molar-refractivity contribution < 1.29 is 14.3 Å². The van der Waals surface area contributed by atoms with E-state index in [0.717, 1.165) is 22.6 Å². The molecule has 0 fully saturated rings. The maximum atomic E-state index is 12.4. The largest absolute Gasteiger partial charge is 0.497 e. The monoisotopic (exact) mass is 332 g/mol. The zero-order valence-corrected chi connectivity index (χ0v) is 14.1. The summed E-state index contributed by atoms with van der Waals surface area (Å²) in [4.78, 5) is 12.4. The molecule has 3 aromatic rings. The lowest BCUT2D eigenvalue weighted by molar-refractivity contribution is 0.0993. The third-order valence-corrected chi connectivity index (χ3v) is 3.95. The maximum Gasteiger partial charge on any atom is 0.167 e. The van der Waals surface area contributed by atoms with Gasteiger partial charge >= 0.3 is 0 Å². The van der Waals surface area contributed by atoms with Crippen molar-refractivity contribution in [2.45, 2.75) is 13.0 Å². The zero-order chi connectivity index (χ0) is 17.5.